The lowest BCUT2D eigenvalue weighted by atomic mass is 10.1. The Morgan fingerprint density at radius 2 is 1.96 bits per heavy atom. The van der Waals surface area contributed by atoms with Crippen LogP contribution in [0.3, 0.4) is 0 Å². The topological polar surface area (TPSA) is 89.4 Å². The highest BCUT2D eigenvalue weighted by Gasteiger charge is 2.25. The summed E-state index contributed by atoms with van der Waals surface area (Å²) in [6.07, 6.45) is 0.404. The SMILES string of the molecule is CCNC(=NCC(C)(O)CN1CCOCC1)NCCC(=O)N(C)C.I. The van der Waals surface area contributed by atoms with Gasteiger partial charge in [0.25, 0.3) is 0 Å². The summed E-state index contributed by atoms with van der Waals surface area (Å²) in [4.78, 5) is 19.8. The number of carbonyl (C=O) groups excluding carboxylic acids is 1. The van der Waals surface area contributed by atoms with Crippen LogP contribution in [0.25, 0.3) is 0 Å². The van der Waals surface area contributed by atoms with Crippen LogP contribution < -0.4 is 10.6 Å². The molecule has 1 rings (SSSR count). The number of guanidine groups is 1. The van der Waals surface area contributed by atoms with Crippen molar-refractivity contribution in [2.24, 2.45) is 4.99 Å². The van der Waals surface area contributed by atoms with Gasteiger partial charge in [-0.3, -0.25) is 14.7 Å². The van der Waals surface area contributed by atoms with Crippen LogP contribution >= 0.6 is 24.0 Å². The first-order valence-corrected chi connectivity index (χ1v) is 8.59. The number of hydrogen-bond donors (Lipinski definition) is 3. The Hall–Kier alpha value is -0.650. The number of β-amino-alcohol motifs (C(OH)–C–C–N with tert-alkyl or cyclic N) is 1. The van der Waals surface area contributed by atoms with Gasteiger partial charge in [0, 0.05) is 53.2 Å². The lowest BCUT2D eigenvalue weighted by molar-refractivity contribution is -0.128. The molecule has 1 amide bonds. The largest absolute Gasteiger partial charge is 0.387 e. The van der Waals surface area contributed by atoms with Gasteiger partial charge in [-0.05, 0) is 13.8 Å². The Bertz CT molecular complexity index is 413. The average molecular weight is 471 g/mol. The van der Waals surface area contributed by atoms with Gasteiger partial charge in [0.1, 0.15) is 0 Å². The highest BCUT2D eigenvalue weighted by molar-refractivity contribution is 14.0. The molecule has 0 aromatic rings. The van der Waals surface area contributed by atoms with Gasteiger partial charge >= 0.3 is 0 Å². The van der Waals surface area contributed by atoms with Crippen molar-refractivity contribution in [3.05, 3.63) is 0 Å². The molecule has 0 bridgehead atoms. The molecular weight excluding hydrogens is 437 g/mol. The minimum atomic E-state index is -0.904. The van der Waals surface area contributed by atoms with E-state index in [0.717, 1.165) is 19.6 Å². The summed E-state index contributed by atoms with van der Waals surface area (Å²) < 4.78 is 5.32. The van der Waals surface area contributed by atoms with Gasteiger partial charge in [-0.15, -0.1) is 24.0 Å². The zero-order valence-electron chi connectivity index (χ0n) is 15.9. The maximum Gasteiger partial charge on any atom is 0.223 e. The van der Waals surface area contributed by atoms with Gasteiger partial charge in [0.2, 0.25) is 5.91 Å². The number of aliphatic imine (C=N–C) groups is 1. The Labute approximate surface area is 168 Å². The molecule has 0 aromatic heterocycles. The molecule has 8 nitrogen and oxygen atoms in total. The standard InChI is InChI=1S/C16H33N5O3.HI/c1-5-17-15(18-7-6-14(22)20(3)4)19-12-16(2,23)13-21-8-10-24-11-9-21;/h23H,5-13H2,1-4H3,(H2,17,18,19);1H. The maximum atomic E-state index is 11.6. The summed E-state index contributed by atoms with van der Waals surface area (Å²) in [5.41, 5.74) is -0.904. The van der Waals surface area contributed by atoms with Crippen LogP contribution in [0.5, 0.6) is 0 Å². The molecule has 0 radical (unpaired) electrons. The van der Waals surface area contributed by atoms with E-state index in [2.05, 4.69) is 20.5 Å². The first-order valence-electron chi connectivity index (χ1n) is 8.59. The molecule has 1 aliphatic heterocycles. The molecule has 1 saturated heterocycles. The summed E-state index contributed by atoms with van der Waals surface area (Å²) in [5.74, 6) is 0.684. The Balaban J connectivity index is 0.00000576. The molecule has 1 aliphatic rings. The van der Waals surface area contributed by atoms with E-state index in [9.17, 15) is 9.90 Å². The van der Waals surface area contributed by atoms with Gasteiger partial charge in [0.05, 0.1) is 25.4 Å². The van der Waals surface area contributed by atoms with Crippen LogP contribution in [0.4, 0.5) is 0 Å². The zero-order valence-corrected chi connectivity index (χ0v) is 18.2. The van der Waals surface area contributed by atoms with E-state index in [1.54, 1.807) is 25.9 Å². The molecule has 0 aliphatic carbocycles. The predicted octanol–water partition coefficient (Wildman–Crippen LogP) is -0.279. The molecule has 0 spiro atoms. The molecule has 148 valence electrons. The molecule has 0 saturated carbocycles. The number of amides is 1. The minimum absolute atomic E-state index is 0. The highest BCUT2D eigenvalue weighted by Crippen LogP contribution is 2.09. The number of carbonyl (C=O) groups is 1. The van der Waals surface area contributed by atoms with Crippen LogP contribution in [0.1, 0.15) is 20.3 Å². The number of nitrogens with one attached hydrogen (secondary N) is 2. The second-order valence-corrected chi connectivity index (χ2v) is 6.55. The molecule has 1 unspecified atom stereocenters. The number of hydrogen-bond acceptors (Lipinski definition) is 5. The van der Waals surface area contributed by atoms with Crippen molar-refractivity contribution in [3.8, 4) is 0 Å². The van der Waals surface area contributed by atoms with E-state index in [-0.39, 0.29) is 29.9 Å². The molecular formula is C16H34IN5O3. The lowest BCUT2D eigenvalue weighted by Crippen LogP contribution is -2.48. The lowest BCUT2D eigenvalue weighted by Gasteiger charge is -2.33. The summed E-state index contributed by atoms with van der Waals surface area (Å²) in [5, 5.41) is 16.8. The number of aliphatic hydroxyl groups is 1. The fourth-order valence-corrected chi connectivity index (χ4v) is 2.39. The molecule has 9 heteroatoms. The molecule has 1 atom stereocenters. The molecule has 1 heterocycles. The number of nitrogens with zero attached hydrogens (tertiary/aromatic N) is 3. The number of rotatable bonds is 8. The van der Waals surface area contributed by atoms with Gasteiger partial charge in [-0.25, -0.2) is 0 Å². The van der Waals surface area contributed by atoms with Crippen LogP contribution in [0.2, 0.25) is 0 Å². The van der Waals surface area contributed by atoms with Crippen molar-refractivity contribution < 1.29 is 14.6 Å². The van der Waals surface area contributed by atoms with E-state index in [1.165, 1.54) is 0 Å². The smallest absolute Gasteiger partial charge is 0.223 e. The monoisotopic (exact) mass is 471 g/mol. The number of halogens is 1. The van der Waals surface area contributed by atoms with E-state index in [4.69, 9.17) is 4.74 Å². The van der Waals surface area contributed by atoms with Crippen LogP contribution in [-0.4, -0.2) is 99.0 Å². The molecule has 0 aromatic carbocycles. The predicted molar refractivity (Wildman–Crippen MR) is 111 cm³/mol. The van der Waals surface area contributed by atoms with E-state index in [1.807, 2.05) is 6.92 Å². The van der Waals surface area contributed by atoms with Gasteiger partial charge in [0.15, 0.2) is 5.96 Å². The van der Waals surface area contributed by atoms with Gasteiger partial charge in [-0.1, -0.05) is 0 Å². The first-order chi connectivity index (χ1) is 11.3. The van der Waals surface area contributed by atoms with Crippen LogP contribution in [0.15, 0.2) is 4.99 Å². The van der Waals surface area contributed by atoms with E-state index in [0.29, 0.717) is 45.2 Å². The highest BCUT2D eigenvalue weighted by atomic mass is 127. The van der Waals surface area contributed by atoms with Crippen LogP contribution in [-0.2, 0) is 9.53 Å². The van der Waals surface area contributed by atoms with Crippen molar-refractivity contribution in [2.75, 3.05) is 66.6 Å². The van der Waals surface area contributed by atoms with Gasteiger partial charge < -0.3 is 25.4 Å². The van der Waals surface area contributed by atoms with Gasteiger partial charge in [-0.2, -0.15) is 0 Å². The molecule has 1 fully saturated rings. The first kappa shape index (κ1) is 24.4. The second-order valence-electron chi connectivity index (χ2n) is 6.55. The van der Waals surface area contributed by atoms with E-state index < -0.39 is 5.60 Å². The van der Waals surface area contributed by atoms with Crippen molar-refractivity contribution >= 4 is 35.8 Å². The van der Waals surface area contributed by atoms with E-state index >= 15 is 0 Å². The normalized spacial score (nSPS) is 18.0. The molecule has 25 heavy (non-hydrogen) atoms. The quantitative estimate of drug-likeness (QED) is 0.257. The van der Waals surface area contributed by atoms with Crippen molar-refractivity contribution in [3.63, 3.8) is 0 Å². The summed E-state index contributed by atoms with van der Waals surface area (Å²) in [6.45, 7) is 8.97. The molecule has 3 N–H and O–H groups in total. The van der Waals surface area contributed by atoms with Crippen LogP contribution in [0, 0.1) is 0 Å². The third-order valence-electron chi connectivity index (χ3n) is 3.72. The third-order valence-corrected chi connectivity index (χ3v) is 3.72. The minimum Gasteiger partial charge on any atom is -0.387 e. The van der Waals surface area contributed by atoms with Crippen molar-refractivity contribution in [2.45, 2.75) is 25.9 Å². The Kier molecular flexibility index (Phi) is 12.3. The second kappa shape index (κ2) is 12.7. The maximum absolute atomic E-state index is 11.6. The summed E-state index contributed by atoms with van der Waals surface area (Å²) in [7, 11) is 3.48. The number of morpholine rings is 1. The van der Waals surface area contributed by atoms with Crippen molar-refractivity contribution in [1.29, 1.82) is 0 Å². The van der Waals surface area contributed by atoms with Crippen molar-refractivity contribution in [1.82, 2.24) is 20.4 Å². The Morgan fingerprint density at radius 1 is 1.32 bits per heavy atom. The Morgan fingerprint density at radius 3 is 2.52 bits per heavy atom. The zero-order chi connectivity index (χ0) is 18.0. The fourth-order valence-electron chi connectivity index (χ4n) is 2.39. The summed E-state index contributed by atoms with van der Waals surface area (Å²) in [6, 6.07) is 0. The summed E-state index contributed by atoms with van der Waals surface area (Å²) >= 11 is 0. The third kappa shape index (κ3) is 10.8. The fraction of sp³-hybridized carbons (Fsp3) is 0.875. The average Bonchev–Trinajstić information content (AvgIpc) is 2.53. The number of ether oxygens (including phenoxy) is 1.